The smallest absolute Gasteiger partial charge is 0.320 e. The number of nitrogens with zero attached hydrogens (tertiary/aromatic N) is 5. The molecular formula is C26H32N6O3. The van der Waals surface area contributed by atoms with Crippen LogP contribution in [0.2, 0.25) is 0 Å². The van der Waals surface area contributed by atoms with Crippen molar-refractivity contribution in [2.24, 2.45) is 5.41 Å². The lowest BCUT2D eigenvalue weighted by Crippen LogP contribution is -2.65. The molecule has 9 heteroatoms. The van der Waals surface area contributed by atoms with Crippen molar-refractivity contribution in [2.75, 3.05) is 33.3 Å². The third kappa shape index (κ3) is 4.36. The van der Waals surface area contributed by atoms with Gasteiger partial charge in [0, 0.05) is 49.0 Å². The van der Waals surface area contributed by atoms with E-state index in [1.54, 1.807) is 19.2 Å². The summed E-state index contributed by atoms with van der Waals surface area (Å²) in [6.45, 7) is 3.60. The first-order valence-electron chi connectivity index (χ1n) is 12.7. The molecule has 0 bridgehead atoms. The van der Waals surface area contributed by atoms with E-state index in [1.807, 2.05) is 15.9 Å². The Morgan fingerprint density at radius 1 is 1.17 bits per heavy atom. The lowest BCUT2D eigenvalue weighted by molar-refractivity contribution is -0.0610. The summed E-state index contributed by atoms with van der Waals surface area (Å²) in [4.78, 5) is 21.7. The molecule has 0 radical (unpaired) electrons. The van der Waals surface area contributed by atoms with E-state index >= 15 is 0 Å². The van der Waals surface area contributed by atoms with Crippen molar-refractivity contribution in [1.29, 1.82) is 5.26 Å². The van der Waals surface area contributed by atoms with Crippen LogP contribution in [-0.4, -0.2) is 70.4 Å². The fraction of sp³-hybridized carbons (Fsp3) is 0.615. The highest BCUT2D eigenvalue weighted by Crippen LogP contribution is 2.55. The van der Waals surface area contributed by atoms with Crippen LogP contribution in [0.3, 0.4) is 0 Å². The van der Waals surface area contributed by atoms with E-state index in [4.69, 9.17) is 19.7 Å². The molecule has 1 aromatic heterocycles. The minimum absolute atomic E-state index is 0.122. The van der Waals surface area contributed by atoms with E-state index in [-0.39, 0.29) is 17.6 Å². The highest BCUT2D eigenvalue weighted by molar-refractivity contribution is 5.75. The number of ether oxygens (including phenoxy) is 2. The summed E-state index contributed by atoms with van der Waals surface area (Å²) in [5.41, 5.74) is 1.79. The van der Waals surface area contributed by atoms with Crippen LogP contribution in [0.15, 0.2) is 18.2 Å². The fourth-order valence-corrected chi connectivity index (χ4v) is 5.89. The highest BCUT2D eigenvalue weighted by Gasteiger charge is 2.55. The summed E-state index contributed by atoms with van der Waals surface area (Å²) in [6.07, 6.45) is 6.43. The second-order valence-electron chi connectivity index (χ2n) is 10.7. The van der Waals surface area contributed by atoms with Crippen LogP contribution >= 0.6 is 0 Å². The third-order valence-corrected chi connectivity index (χ3v) is 8.13. The molecule has 35 heavy (non-hydrogen) atoms. The summed E-state index contributed by atoms with van der Waals surface area (Å²) in [5.74, 6) is 3.76. The molecule has 6 rings (SSSR count). The standard InChI is InChI=1S/C26H32N6O3/c1-34-22-10-17(13-27)2-3-19(22)14-35-21-6-8-31(9-7-21)25(33)32-15-26(16-32)11-20(12-26)24-28-23(29-30-24)18-4-5-18/h2-3,10,18,20-21H,4-9,11-12,14-16H2,1H3,(H,28,29,30). The van der Waals surface area contributed by atoms with Gasteiger partial charge >= 0.3 is 6.03 Å². The molecule has 0 unspecified atom stereocenters. The van der Waals surface area contributed by atoms with Gasteiger partial charge in [0.25, 0.3) is 0 Å². The van der Waals surface area contributed by atoms with Gasteiger partial charge in [-0.3, -0.25) is 5.10 Å². The molecule has 1 N–H and O–H groups in total. The minimum atomic E-state index is 0.122. The van der Waals surface area contributed by atoms with Gasteiger partial charge in [0.15, 0.2) is 5.82 Å². The highest BCUT2D eigenvalue weighted by atomic mass is 16.5. The Bertz CT molecular complexity index is 1130. The van der Waals surface area contributed by atoms with Crippen LogP contribution in [0, 0.1) is 16.7 Å². The Labute approximate surface area is 205 Å². The number of carbonyl (C=O) groups excluding carboxylic acids is 1. The average Bonchev–Trinajstić information content (AvgIpc) is 3.58. The van der Waals surface area contributed by atoms with Gasteiger partial charge in [0.2, 0.25) is 0 Å². The van der Waals surface area contributed by atoms with E-state index in [2.05, 4.69) is 16.3 Å². The number of urea groups is 1. The van der Waals surface area contributed by atoms with E-state index in [9.17, 15) is 4.79 Å². The lowest BCUT2D eigenvalue weighted by Gasteiger charge is -2.59. The maximum Gasteiger partial charge on any atom is 0.320 e. The van der Waals surface area contributed by atoms with Gasteiger partial charge in [-0.15, -0.1) is 0 Å². The maximum atomic E-state index is 13.0. The van der Waals surface area contributed by atoms with Crippen LogP contribution in [0.5, 0.6) is 5.75 Å². The van der Waals surface area contributed by atoms with Gasteiger partial charge in [0.1, 0.15) is 11.6 Å². The Hall–Kier alpha value is -3.12. The topological polar surface area (TPSA) is 107 Å². The van der Waals surface area contributed by atoms with Crippen LogP contribution in [-0.2, 0) is 11.3 Å². The maximum absolute atomic E-state index is 13.0. The number of nitriles is 1. The Morgan fingerprint density at radius 2 is 1.94 bits per heavy atom. The molecule has 2 amide bonds. The predicted molar refractivity (Wildman–Crippen MR) is 127 cm³/mol. The normalized spacial score (nSPS) is 21.9. The Kier molecular flexibility index (Phi) is 5.64. The van der Waals surface area contributed by atoms with Gasteiger partial charge in [-0.25, -0.2) is 9.78 Å². The van der Waals surface area contributed by atoms with Crippen LogP contribution in [0.1, 0.15) is 73.1 Å². The number of hydrogen-bond acceptors (Lipinski definition) is 6. The van der Waals surface area contributed by atoms with Gasteiger partial charge < -0.3 is 19.3 Å². The van der Waals surface area contributed by atoms with Gasteiger partial charge in [-0.05, 0) is 50.7 Å². The average molecular weight is 477 g/mol. The zero-order valence-electron chi connectivity index (χ0n) is 20.2. The van der Waals surface area contributed by atoms with Crippen molar-refractivity contribution in [1.82, 2.24) is 25.0 Å². The van der Waals surface area contributed by atoms with Crippen molar-refractivity contribution in [3.05, 3.63) is 41.0 Å². The van der Waals surface area contributed by atoms with Gasteiger partial charge in [-0.1, -0.05) is 6.07 Å². The van der Waals surface area contributed by atoms with E-state index in [0.717, 1.165) is 69.1 Å². The molecule has 2 aromatic rings. The number of aromatic amines is 1. The number of methoxy groups -OCH3 is 1. The van der Waals surface area contributed by atoms with Crippen molar-refractivity contribution < 1.29 is 14.3 Å². The molecule has 1 aromatic carbocycles. The molecule has 2 aliphatic heterocycles. The van der Waals surface area contributed by atoms with Crippen molar-refractivity contribution in [3.8, 4) is 11.8 Å². The summed E-state index contributed by atoms with van der Waals surface area (Å²) in [7, 11) is 1.60. The first-order valence-corrected chi connectivity index (χ1v) is 12.7. The number of amides is 2. The summed E-state index contributed by atoms with van der Waals surface area (Å²) in [5, 5.41) is 16.6. The number of H-pyrrole nitrogens is 1. The molecule has 184 valence electrons. The monoisotopic (exact) mass is 476 g/mol. The zero-order valence-corrected chi connectivity index (χ0v) is 20.2. The molecule has 0 atom stereocenters. The molecule has 3 heterocycles. The summed E-state index contributed by atoms with van der Waals surface area (Å²) in [6, 6.07) is 7.70. The quantitative estimate of drug-likeness (QED) is 0.683. The van der Waals surface area contributed by atoms with Crippen LogP contribution < -0.4 is 4.74 Å². The summed E-state index contributed by atoms with van der Waals surface area (Å²) < 4.78 is 11.5. The first-order chi connectivity index (χ1) is 17.1. The van der Waals surface area contributed by atoms with Gasteiger partial charge in [0.05, 0.1) is 31.5 Å². The molecular weight excluding hydrogens is 444 g/mol. The van der Waals surface area contributed by atoms with E-state index in [0.29, 0.717) is 29.8 Å². The van der Waals surface area contributed by atoms with Crippen molar-refractivity contribution >= 4 is 6.03 Å². The number of carbonyl (C=O) groups is 1. The molecule has 2 aliphatic carbocycles. The predicted octanol–water partition coefficient (Wildman–Crippen LogP) is 3.54. The number of aromatic nitrogens is 3. The second kappa shape index (κ2) is 8.83. The molecule has 1 spiro atoms. The number of nitrogens with one attached hydrogen (secondary N) is 1. The summed E-state index contributed by atoms with van der Waals surface area (Å²) >= 11 is 0. The lowest BCUT2D eigenvalue weighted by atomic mass is 9.57. The largest absolute Gasteiger partial charge is 0.496 e. The number of likely N-dealkylation sites (tertiary alicyclic amines) is 2. The molecule has 2 saturated carbocycles. The second-order valence-corrected chi connectivity index (χ2v) is 10.7. The molecule has 9 nitrogen and oxygen atoms in total. The van der Waals surface area contributed by atoms with Crippen LogP contribution in [0.4, 0.5) is 4.79 Å². The number of benzene rings is 1. The number of piperidine rings is 1. The SMILES string of the molecule is COc1cc(C#N)ccc1COC1CCN(C(=O)N2CC3(CC(c4n[nH]c(C5CC5)n4)C3)C2)CC1. The fourth-order valence-electron chi connectivity index (χ4n) is 5.89. The zero-order chi connectivity index (χ0) is 24.0. The minimum Gasteiger partial charge on any atom is -0.496 e. The van der Waals surface area contributed by atoms with Crippen LogP contribution in [0.25, 0.3) is 0 Å². The van der Waals surface area contributed by atoms with Crippen molar-refractivity contribution in [3.63, 3.8) is 0 Å². The first kappa shape index (κ1) is 22.4. The number of hydrogen-bond donors (Lipinski definition) is 1. The molecule has 2 saturated heterocycles. The number of rotatable bonds is 6. The van der Waals surface area contributed by atoms with Gasteiger partial charge in [-0.2, -0.15) is 10.4 Å². The Morgan fingerprint density at radius 3 is 2.63 bits per heavy atom. The molecule has 4 aliphatic rings. The van der Waals surface area contributed by atoms with E-state index < -0.39 is 0 Å². The third-order valence-electron chi connectivity index (χ3n) is 8.13. The molecule has 4 fully saturated rings. The van der Waals surface area contributed by atoms with Crippen molar-refractivity contribution in [2.45, 2.75) is 63.1 Å². The van der Waals surface area contributed by atoms with E-state index in [1.165, 1.54) is 12.8 Å². The Balaban J connectivity index is 0.930.